The second kappa shape index (κ2) is 19.5. The van der Waals surface area contributed by atoms with Gasteiger partial charge in [0.1, 0.15) is 0 Å². The van der Waals surface area contributed by atoms with Crippen LogP contribution in [0.15, 0.2) is 97.1 Å². The van der Waals surface area contributed by atoms with Crippen LogP contribution in [-0.2, 0) is 15.1 Å². The van der Waals surface area contributed by atoms with Crippen LogP contribution in [0.25, 0.3) is 64.2 Å². The van der Waals surface area contributed by atoms with Gasteiger partial charge in [0.25, 0.3) is 0 Å². The van der Waals surface area contributed by atoms with Gasteiger partial charge in [-0.2, -0.15) is 0 Å². The molecule has 0 atom stereocenters. The van der Waals surface area contributed by atoms with Gasteiger partial charge < -0.3 is 45.1 Å². The molecule has 0 fully saturated rings. The molecule has 0 saturated carbocycles. The topological polar surface area (TPSA) is 195 Å². The van der Waals surface area contributed by atoms with Crippen LogP contribution in [-0.4, -0.2) is 19.9 Å². The Kier molecular flexibility index (Phi) is 15.1. The minimum atomic E-state index is -0.226. The van der Waals surface area contributed by atoms with E-state index < -0.39 is 0 Å². The largest absolute Gasteiger partial charge is 0.584 e. The number of aromatic nitrogens is 4. The molecule has 4 heterocycles. The Morgan fingerprint density at radius 3 is 0.766 bits per heavy atom. The SMILES string of the molecule is [Cl][Rh][Cl].[NH-]Nc1nc2ccccc2s1.[NH-]Nc1nc2ccccc2s1.[NH-]Nc1nc2ccccc2s1.[NH-]Nc1nc2ccccc2s1. The van der Waals surface area contributed by atoms with E-state index in [1.807, 2.05) is 97.1 Å². The molecule has 12 nitrogen and oxygen atoms in total. The zero-order valence-electron chi connectivity index (χ0n) is 23.7. The van der Waals surface area contributed by atoms with Gasteiger partial charge in [-0.15, -0.1) is 0 Å². The third-order valence-corrected chi connectivity index (χ3v) is 9.41. The van der Waals surface area contributed by atoms with Crippen molar-refractivity contribution in [3.63, 3.8) is 0 Å². The fourth-order valence-corrected chi connectivity index (χ4v) is 6.78. The summed E-state index contributed by atoms with van der Waals surface area (Å²) in [6.07, 6.45) is 0. The summed E-state index contributed by atoms with van der Waals surface area (Å²) in [5.41, 5.74) is 12.9. The number of hydrogen-bond acceptors (Lipinski definition) is 12. The maximum Gasteiger partial charge on any atom is 0.166 e. The molecule has 0 unspecified atom stereocenters. The number of thiazole rings is 4. The van der Waals surface area contributed by atoms with Gasteiger partial charge >= 0.3 is 34.5 Å². The van der Waals surface area contributed by atoms with Gasteiger partial charge in [0, 0.05) is 0 Å². The number of halogens is 2. The van der Waals surface area contributed by atoms with Gasteiger partial charge in [0.15, 0.2) is 20.5 Å². The van der Waals surface area contributed by atoms with Crippen molar-refractivity contribution < 1.29 is 15.1 Å². The molecule has 19 heteroatoms. The van der Waals surface area contributed by atoms with Crippen molar-refractivity contribution in [1.29, 1.82) is 0 Å². The summed E-state index contributed by atoms with van der Waals surface area (Å²) in [6, 6.07) is 31.4. The third-order valence-electron chi connectivity index (χ3n) is 5.60. The molecule has 8 rings (SSSR count). The van der Waals surface area contributed by atoms with Crippen LogP contribution in [0.3, 0.4) is 0 Å². The molecule has 0 aliphatic rings. The molecule has 8 N–H and O–H groups in total. The van der Waals surface area contributed by atoms with Crippen molar-refractivity contribution in [2.45, 2.75) is 0 Å². The minimum absolute atomic E-state index is 0.226. The van der Waals surface area contributed by atoms with Gasteiger partial charge in [0.2, 0.25) is 0 Å². The Labute approximate surface area is 301 Å². The van der Waals surface area contributed by atoms with Crippen molar-refractivity contribution in [2.24, 2.45) is 0 Å². The van der Waals surface area contributed by atoms with Crippen molar-refractivity contribution in [3.8, 4) is 0 Å². The summed E-state index contributed by atoms with van der Waals surface area (Å²) in [7, 11) is 9.67. The monoisotopic (exact) mass is 829 g/mol. The molecule has 0 amide bonds. The zero-order chi connectivity index (χ0) is 33.4. The molecule has 4 aromatic carbocycles. The van der Waals surface area contributed by atoms with E-state index in [4.69, 9.17) is 42.8 Å². The summed E-state index contributed by atoms with van der Waals surface area (Å²) >= 11 is 5.72. The van der Waals surface area contributed by atoms with Gasteiger partial charge in [-0.3, -0.25) is 0 Å². The summed E-state index contributed by atoms with van der Waals surface area (Å²) in [6.45, 7) is 0. The number of nitrogens with one attached hydrogen (secondary N) is 8. The van der Waals surface area contributed by atoms with Crippen LogP contribution in [0.2, 0.25) is 0 Å². The Bertz CT molecular complexity index is 1670. The molecule has 0 aliphatic heterocycles. The molecule has 247 valence electrons. The van der Waals surface area contributed by atoms with Crippen LogP contribution >= 0.6 is 64.7 Å². The molecule has 0 aliphatic carbocycles. The van der Waals surface area contributed by atoms with Crippen LogP contribution in [0.1, 0.15) is 0 Å². The van der Waals surface area contributed by atoms with Crippen molar-refractivity contribution >= 4 is 126 Å². The van der Waals surface area contributed by atoms with E-state index in [1.165, 1.54) is 45.3 Å². The van der Waals surface area contributed by atoms with E-state index in [0.29, 0.717) is 20.5 Å². The van der Waals surface area contributed by atoms with Crippen LogP contribution in [0, 0.1) is 0 Å². The quantitative estimate of drug-likeness (QED) is 0.0993. The smallest absolute Gasteiger partial charge is 0.166 e. The van der Waals surface area contributed by atoms with Gasteiger partial charge in [-0.25, -0.2) is 19.9 Å². The van der Waals surface area contributed by atoms with Crippen molar-refractivity contribution in [1.82, 2.24) is 19.9 Å². The van der Waals surface area contributed by atoms with E-state index in [1.54, 1.807) is 0 Å². The number of hydrogen-bond donors (Lipinski definition) is 4. The van der Waals surface area contributed by atoms with Crippen LogP contribution in [0.5, 0.6) is 0 Å². The predicted molar refractivity (Wildman–Crippen MR) is 202 cm³/mol. The maximum absolute atomic E-state index is 6.87. The normalized spacial score (nSPS) is 10.1. The van der Waals surface area contributed by atoms with Crippen molar-refractivity contribution in [3.05, 3.63) is 120 Å². The fraction of sp³-hybridized carbons (Fsp3) is 0. The molecule has 4 aromatic heterocycles. The second-order valence-corrected chi connectivity index (χ2v) is 15.1. The molecular weight excluding hydrogens is 806 g/mol. The van der Waals surface area contributed by atoms with Crippen LogP contribution < -0.4 is 21.7 Å². The Hall–Kier alpha value is -3.32. The molecule has 0 spiro atoms. The third kappa shape index (κ3) is 10.9. The first-order valence-electron chi connectivity index (χ1n) is 13.0. The number of para-hydroxylation sites is 4. The van der Waals surface area contributed by atoms with Crippen LogP contribution in [0.4, 0.5) is 20.5 Å². The summed E-state index contributed by atoms with van der Waals surface area (Å²) < 4.78 is 4.45. The average Bonchev–Trinajstić information content (AvgIpc) is 3.92. The Morgan fingerprint density at radius 1 is 0.404 bits per heavy atom. The summed E-state index contributed by atoms with van der Waals surface area (Å²) in [5, 5.41) is 2.58. The molecule has 0 bridgehead atoms. The van der Waals surface area contributed by atoms with Crippen molar-refractivity contribution in [2.75, 3.05) is 21.7 Å². The first-order valence-corrected chi connectivity index (χ1v) is 20.5. The first-order chi connectivity index (χ1) is 23.0. The molecule has 0 saturated heterocycles. The van der Waals surface area contributed by atoms with E-state index in [9.17, 15) is 0 Å². The zero-order valence-corrected chi connectivity index (χ0v) is 30.2. The minimum Gasteiger partial charge on any atom is -0.584 e. The number of fused-ring (bicyclic) bond motifs is 4. The van der Waals surface area contributed by atoms with E-state index in [0.717, 1.165) is 40.9 Å². The van der Waals surface area contributed by atoms with Gasteiger partial charge in [-0.1, -0.05) is 93.9 Å². The molecule has 0 radical (unpaired) electrons. The number of nitrogens with zero attached hydrogens (tertiary/aromatic N) is 4. The Morgan fingerprint density at radius 2 is 0.596 bits per heavy atom. The molecule has 8 aromatic rings. The second-order valence-electron chi connectivity index (χ2n) is 8.49. The standard InChI is InChI=1S/4C7H6N3S.2ClH.Rh/c4*8-10-7-9-5-3-1-2-4-6(5)11-7;;;/h4*1-4,8H,(H,9,10);2*1H;/q4*-1;;;+2/p-2. The summed E-state index contributed by atoms with van der Waals surface area (Å²) in [4.78, 5) is 16.6. The maximum atomic E-state index is 6.87. The van der Waals surface area contributed by atoms with Gasteiger partial charge in [-0.05, 0) is 48.5 Å². The van der Waals surface area contributed by atoms with Gasteiger partial charge in [0.05, 0.1) is 40.9 Å². The number of anilines is 4. The fourth-order valence-electron chi connectivity index (χ4n) is 3.70. The summed E-state index contributed by atoms with van der Waals surface area (Å²) in [5.74, 6) is 27.5. The molecule has 47 heavy (non-hydrogen) atoms. The molecular formula is C28H24Cl2N12RhS4-4. The predicted octanol–water partition coefficient (Wildman–Crippen LogP) is 12.1. The van der Waals surface area contributed by atoms with E-state index >= 15 is 0 Å². The number of benzene rings is 4. The van der Waals surface area contributed by atoms with E-state index in [2.05, 4.69) is 41.6 Å². The Balaban J connectivity index is 0.000000138. The number of rotatable bonds is 4. The average molecular weight is 831 g/mol. The first kappa shape index (κ1) is 36.5. The van der Waals surface area contributed by atoms with E-state index in [-0.39, 0.29) is 15.1 Å².